The molecule has 1 amide bonds. The van der Waals surface area contributed by atoms with E-state index in [1.807, 2.05) is 0 Å². The average molecular weight is 242 g/mol. The van der Waals surface area contributed by atoms with E-state index in [4.69, 9.17) is 0 Å². The monoisotopic (exact) mass is 242 g/mol. The molecule has 4 nitrogen and oxygen atoms in total. The third kappa shape index (κ3) is 6.03. The van der Waals surface area contributed by atoms with Gasteiger partial charge >= 0.3 is 0 Å². The molecule has 0 aliphatic carbocycles. The molecule has 0 aromatic rings. The fourth-order valence-electron chi connectivity index (χ4n) is 2.34. The fourth-order valence-corrected chi connectivity index (χ4v) is 2.34. The summed E-state index contributed by atoms with van der Waals surface area (Å²) in [6, 6.07) is -0.0794. The highest BCUT2D eigenvalue weighted by atomic mass is 16.3. The van der Waals surface area contributed by atoms with Crippen LogP contribution in [0.5, 0.6) is 0 Å². The van der Waals surface area contributed by atoms with Gasteiger partial charge in [0.15, 0.2) is 0 Å². The van der Waals surface area contributed by atoms with Crippen LogP contribution < -0.4 is 10.6 Å². The molecule has 2 atom stereocenters. The summed E-state index contributed by atoms with van der Waals surface area (Å²) in [5.41, 5.74) is 0. The topological polar surface area (TPSA) is 61.4 Å². The van der Waals surface area contributed by atoms with Gasteiger partial charge in [0.2, 0.25) is 5.91 Å². The van der Waals surface area contributed by atoms with Crippen LogP contribution in [0, 0.1) is 11.8 Å². The lowest BCUT2D eigenvalue weighted by Crippen LogP contribution is -2.38. The molecule has 1 aliphatic heterocycles. The molecule has 17 heavy (non-hydrogen) atoms. The van der Waals surface area contributed by atoms with Crippen molar-refractivity contribution in [2.75, 3.05) is 19.7 Å². The first-order chi connectivity index (χ1) is 8.11. The predicted molar refractivity (Wildman–Crippen MR) is 68.7 cm³/mol. The highest BCUT2D eigenvalue weighted by Crippen LogP contribution is 2.14. The van der Waals surface area contributed by atoms with Crippen LogP contribution in [0.4, 0.5) is 0 Å². The molecule has 1 saturated heterocycles. The van der Waals surface area contributed by atoms with Crippen molar-refractivity contribution in [3.63, 3.8) is 0 Å². The van der Waals surface area contributed by atoms with Crippen molar-refractivity contribution in [1.29, 1.82) is 0 Å². The van der Waals surface area contributed by atoms with Gasteiger partial charge in [0.05, 0.1) is 12.6 Å². The van der Waals surface area contributed by atoms with Gasteiger partial charge in [0, 0.05) is 6.42 Å². The van der Waals surface area contributed by atoms with Crippen LogP contribution in [0.3, 0.4) is 0 Å². The average Bonchev–Trinajstić information content (AvgIpc) is 2.77. The van der Waals surface area contributed by atoms with Crippen LogP contribution in [-0.4, -0.2) is 36.8 Å². The van der Waals surface area contributed by atoms with Crippen molar-refractivity contribution in [2.45, 2.75) is 45.6 Å². The largest absolute Gasteiger partial charge is 0.394 e. The van der Waals surface area contributed by atoms with Crippen LogP contribution in [0.2, 0.25) is 0 Å². The highest BCUT2D eigenvalue weighted by Gasteiger charge is 2.17. The maximum atomic E-state index is 11.7. The van der Waals surface area contributed by atoms with Gasteiger partial charge in [0.25, 0.3) is 0 Å². The molecular weight excluding hydrogens is 216 g/mol. The van der Waals surface area contributed by atoms with Crippen molar-refractivity contribution >= 4 is 5.91 Å². The highest BCUT2D eigenvalue weighted by molar-refractivity contribution is 5.76. The smallest absolute Gasteiger partial charge is 0.220 e. The lowest BCUT2D eigenvalue weighted by atomic mass is 10.0. The van der Waals surface area contributed by atoms with Crippen LogP contribution in [0.15, 0.2) is 0 Å². The van der Waals surface area contributed by atoms with Gasteiger partial charge in [-0.2, -0.15) is 0 Å². The number of hydrogen-bond donors (Lipinski definition) is 3. The van der Waals surface area contributed by atoms with Crippen LogP contribution in [-0.2, 0) is 4.79 Å². The molecule has 4 heteroatoms. The first-order valence-corrected chi connectivity index (χ1v) is 6.72. The molecule has 2 unspecified atom stereocenters. The minimum Gasteiger partial charge on any atom is -0.394 e. The first kappa shape index (κ1) is 14.5. The lowest BCUT2D eigenvalue weighted by molar-refractivity contribution is -0.122. The van der Waals surface area contributed by atoms with Gasteiger partial charge in [-0.25, -0.2) is 0 Å². The maximum Gasteiger partial charge on any atom is 0.220 e. The molecule has 3 N–H and O–H groups in total. The van der Waals surface area contributed by atoms with E-state index in [9.17, 15) is 9.90 Å². The van der Waals surface area contributed by atoms with Gasteiger partial charge in [0.1, 0.15) is 0 Å². The van der Waals surface area contributed by atoms with Gasteiger partial charge in [-0.05, 0) is 44.2 Å². The number of aliphatic hydroxyl groups excluding tert-OH is 1. The first-order valence-electron chi connectivity index (χ1n) is 6.72. The van der Waals surface area contributed by atoms with Crippen molar-refractivity contribution in [2.24, 2.45) is 11.8 Å². The number of carbonyl (C=O) groups excluding carboxylic acids is 1. The molecule has 1 aliphatic rings. The number of amides is 1. The van der Waals surface area contributed by atoms with E-state index in [1.54, 1.807) is 0 Å². The summed E-state index contributed by atoms with van der Waals surface area (Å²) in [6.07, 6.45) is 3.57. The second-order valence-electron chi connectivity index (χ2n) is 5.47. The van der Waals surface area contributed by atoms with Crippen LogP contribution in [0.25, 0.3) is 0 Å². The summed E-state index contributed by atoms with van der Waals surface area (Å²) in [5, 5.41) is 15.4. The zero-order chi connectivity index (χ0) is 12.7. The SMILES string of the molecule is CC(C)CC(CO)NC(=O)CCC1CCNC1. The van der Waals surface area contributed by atoms with Crippen molar-refractivity contribution < 1.29 is 9.90 Å². The third-order valence-corrected chi connectivity index (χ3v) is 3.28. The quantitative estimate of drug-likeness (QED) is 0.621. The molecule has 1 rings (SSSR count). The Labute approximate surface area is 104 Å². The number of rotatable bonds is 7. The molecule has 0 spiro atoms. The minimum atomic E-state index is -0.0794. The second kappa shape index (κ2) is 7.67. The van der Waals surface area contributed by atoms with Crippen LogP contribution in [0.1, 0.15) is 39.5 Å². The van der Waals surface area contributed by atoms with Crippen molar-refractivity contribution in [3.8, 4) is 0 Å². The van der Waals surface area contributed by atoms with Crippen molar-refractivity contribution in [1.82, 2.24) is 10.6 Å². The van der Waals surface area contributed by atoms with Crippen molar-refractivity contribution in [3.05, 3.63) is 0 Å². The van der Waals surface area contributed by atoms with E-state index in [1.165, 1.54) is 6.42 Å². The van der Waals surface area contributed by atoms with Gasteiger partial charge in [-0.1, -0.05) is 13.8 Å². The second-order valence-corrected chi connectivity index (χ2v) is 5.47. The third-order valence-electron chi connectivity index (χ3n) is 3.28. The molecule has 1 heterocycles. The number of aliphatic hydroxyl groups is 1. The molecule has 100 valence electrons. The maximum absolute atomic E-state index is 11.7. The number of hydrogen-bond acceptors (Lipinski definition) is 3. The Hall–Kier alpha value is -0.610. The summed E-state index contributed by atoms with van der Waals surface area (Å²) in [4.78, 5) is 11.7. The molecule has 0 radical (unpaired) electrons. The summed E-state index contributed by atoms with van der Waals surface area (Å²) >= 11 is 0. The zero-order valence-electron chi connectivity index (χ0n) is 11.0. The van der Waals surface area contributed by atoms with E-state index >= 15 is 0 Å². The standard InChI is InChI=1S/C13H26N2O2/c1-10(2)7-12(9-16)15-13(17)4-3-11-5-6-14-8-11/h10-12,14,16H,3-9H2,1-2H3,(H,15,17). The Balaban J connectivity index is 2.17. The summed E-state index contributed by atoms with van der Waals surface area (Å²) < 4.78 is 0. The van der Waals surface area contributed by atoms with E-state index in [0.717, 1.165) is 25.9 Å². The summed E-state index contributed by atoms with van der Waals surface area (Å²) in [5.74, 6) is 1.22. The molecular formula is C13H26N2O2. The molecule has 0 bridgehead atoms. The Kier molecular flexibility index (Phi) is 6.52. The number of carbonyl (C=O) groups is 1. The normalized spacial score (nSPS) is 21.8. The van der Waals surface area contributed by atoms with Gasteiger partial charge < -0.3 is 15.7 Å². The minimum absolute atomic E-state index is 0.0366. The molecule has 0 aromatic carbocycles. The fraction of sp³-hybridized carbons (Fsp3) is 0.923. The van der Waals surface area contributed by atoms with Gasteiger partial charge in [-0.15, -0.1) is 0 Å². The Morgan fingerprint density at radius 2 is 2.29 bits per heavy atom. The van der Waals surface area contributed by atoms with E-state index in [-0.39, 0.29) is 18.6 Å². The molecule has 1 fully saturated rings. The zero-order valence-corrected chi connectivity index (χ0v) is 11.0. The molecule has 0 aromatic heterocycles. The van der Waals surface area contributed by atoms with Crippen LogP contribution >= 0.6 is 0 Å². The predicted octanol–water partition coefficient (Wildman–Crippen LogP) is 0.899. The van der Waals surface area contributed by atoms with Gasteiger partial charge in [-0.3, -0.25) is 4.79 Å². The van der Waals surface area contributed by atoms with E-state index in [0.29, 0.717) is 18.3 Å². The Bertz CT molecular complexity index is 225. The van der Waals surface area contributed by atoms with E-state index < -0.39 is 0 Å². The van der Waals surface area contributed by atoms with E-state index in [2.05, 4.69) is 24.5 Å². The lowest BCUT2D eigenvalue weighted by Gasteiger charge is -2.18. The summed E-state index contributed by atoms with van der Waals surface area (Å²) in [7, 11) is 0. The Morgan fingerprint density at radius 3 is 2.82 bits per heavy atom. The number of nitrogens with one attached hydrogen (secondary N) is 2. The summed E-state index contributed by atoms with van der Waals surface area (Å²) in [6.45, 7) is 6.36. The molecule has 0 saturated carbocycles. The Morgan fingerprint density at radius 1 is 1.53 bits per heavy atom.